The third kappa shape index (κ3) is 3.42. The normalized spacial score (nSPS) is 11.1. The Morgan fingerprint density at radius 1 is 1.07 bits per heavy atom. The number of rotatable bonds is 5. The Bertz CT molecular complexity index is 1330. The van der Waals surface area contributed by atoms with Crippen molar-refractivity contribution in [1.82, 2.24) is 14.1 Å². The molecule has 146 valence electrons. The van der Waals surface area contributed by atoms with Crippen LogP contribution in [0.2, 0.25) is 0 Å². The number of furan rings is 1. The number of benzene rings is 1. The molecular formula is C22H19N3O4. The molecule has 0 N–H and O–H groups in total. The molecule has 0 fully saturated rings. The smallest absolute Gasteiger partial charge is 0.332 e. The zero-order valence-electron chi connectivity index (χ0n) is 16.1. The minimum absolute atomic E-state index is 0.0328. The molecule has 4 aromatic rings. The van der Waals surface area contributed by atoms with Gasteiger partial charge in [0.15, 0.2) is 11.3 Å². The van der Waals surface area contributed by atoms with Crippen LogP contribution in [0.25, 0.3) is 11.0 Å². The summed E-state index contributed by atoms with van der Waals surface area (Å²) in [6, 6.07) is 12.2. The van der Waals surface area contributed by atoms with Crippen LogP contribution in [0.5, 0.6) is 0 Å². The molecule has 0 spiro atoms. The number of carbonyl (C=O) groups excluding carboxylic acids is 1. The second-order valence-electron chi connectivity index (χ2n) is 6.95. The Morgan fingerprint density at radius 2 is 1.90 bits per heavy atom. The summed E-state index contributed by atoms with van der Waals surface area (Å²) >= 11 is 0. The van der Waals surface area contributed by atoms with Gasteiger partial charge in [-0.05, 0) is 43.7 Å². The van der Waals surface area contributed by atoms with Gasteiger partial charge >= 0.3 is 5.69 Å². The average Bonchev–Trinajstić information content (AvgIpc) is 3.21. The summed E-state index contributed by atoms with van der Waals surface area (Å²) in [4.78, 5) is 43.1. The second kappa shape index (κ2) is 7.35. The number of ketones is 1. The standard InChI is InChI=1S/C22H19N3O4/c1-14-7-8-17(15(2)11-14)19(26)13-24-18-6-3-9-23-20(18)21(27)25(22(24)28)12-16-5-4-10-29-16/h3-11H,12-13H2,1-2H3. The first kappa shape index (κ1) is 18.6. The first-order valence-electron chi connectivity index (χ1n) is 9.17. The van der Waals surface area contributed by atoms with Crippen molar-refractivity contribution in [2.75, 3.05) is 0 Å². The molecule has 0 atom stereocenters. The Balaban J connectivity index is 1.86. The number of pyridine rings is 1. The molecule has 7 heteroatoms. The fourth-order valence-electron chi connectivity index (χ4n) is 3.45. The van der Waals surface area contributed by atoms with E-state index in [2.05, 4.69) is 4.98 Å². The van der Waals surface area contributed by atoms with Gasteiger partial charge in [-0.1, -0.05) is 23.8 Å². The van der Waals surface area contributed by atoms with Gasteiger partial charge in [-0.15, -0.1) is 0 Å². The molecule has 0 aliphatic rings. The lowest BCUT2D eigenvalue weighted by atomic mass is 10.0. The molecule has 3 aromatic heterocycles. The zero-order chi connectivity index (χ0) is 20.5. The van der Waals surface area contributed by atoms with Crippen molar-refractivity contribution in [3.63, 3.8) is 0 Å². The molecule has 0 amide bonds. The van der Waals surface area contributed by atoms with Gasteiger partial charge in [-0.2, -0.15) is 0 Å². The molecule has 7 nitrogen and oxygen atoms in total. The van der Waals surface area contributed by atoms with Gasteiger partial charge in [0.25, 0.3) is 5.56 Å². The van der Waals surface area contributed by atoms with E-state index in [-0.39, 0.29) is 24.4 Å². The number of carbonyl (C=O) groups is 1. The van der Waals surface area contributed by atoms with Gasteiger partial charge in [-0.25, -0.2) is 9.78 Å². The minimum atomic E-state index is -0.579. The number of hydrogen-bond acceptors (Lipinski definition) is 5. The van der Waals surface area contributed by atoms with E-state index in [4.69, 9.17) is 4.42 Å². The second-order valence-corrected chi connectivity index (χ2v) is 6.95. The highest BCUT2D eigenvalue weighted by atomic mass is 16.3. The maximum Gasteiger partial charge on any atom is 0.332 e. The quantitative estimate of drug-likeness (QED) is 0.490. The van der Waals surface area contributed by atoms with E-state index in [0.717, 1.165) is 15.7 Å². The Labute approximate surface area is 165 Å². The first-order valence-corrected chi connectivity index (χ1v) is 9.17. The summed E-state index contributed by atoms with van der Waals surface area (Å²) < 4.78 is 7.63. The van der Waals surface area contributed by atoms with Crippen LogP contribution in [0.3, 0.4) is 0 Å². The lowest BCUT2D eigenvalue weighted by Gasteiger charge is -2.13. The van der Waals surface area contributed by atoms with Gasteiger partial charge in [0.2, 0.25) is 0 Å². The van der Waals surface area contributed by atoms with E-state index in [1.54, 1.807) is 30.3 Å². The van der Waals surface area contributed by atoms with E-state index in [0.29, 0.717) is 16.8 Å². The molecule has 29 heavy (non-hydrogen) atoms. The molecule has 0 aliphatic heterocycles. The highest BCUT2D eigenvalue weighted by Gasteiger charge is 2.18. The maximum atomic E-state index is 13.1. The van der Waals surface area contributed by atoms with Gasteiger partial charge in [0.05, 0.1) is 24.9 Å². The summed E-state index contributed by atoms with van der Waals surface area (Å²) in [6.07, 6.45) is 2.96. The van der Waals surface area contributed by atoms with Crippen molar-refractivity contribution >= 4 is 16.8 Å². The topological polar surface area (TPSA) is 87.1 Å². The molecule has 0 saturated carbocycles. The predicted molar refractivity (Wildman–Crippen MR) is 108 cm³/mol. The van der Waals surface area contributed by atoms with Gasteiger partial charge in [-0.3, -0.25) is 18.7 Å². The third-order valence-electron chi connectivity index (χ3n) is 4.86. The van der Waals surface area contributed by atoms with Crippen molar-refractivity contribution < 1.29 is 9.21 Å². The van der Waals surface area contributed by atoms with Gasteiger partial charge in [0.1, 0.15) is 5.76 Å². The number of nitrogens with zero attached hydrogens (tertiary/aromatic N) is 3. The summed E-state index contributed by atoms with van der Waals surface area (Å²) in [5.74, 6) is 0.254. The van der Waals surface area contributed by atoms with Crippen LogP contribution >= 0.6 is 0 Å². The van der Waals surface area contributed by atoms with Crippen LogP contribution < -0.4 is 11.2 Å². The van der Waals surface area contributed by atoms with Gasteiger partial charge < -0.3 is 4.42 Å². The van der Waals surface area contributed by atoms with Crippen LogP contribution in [-0.2, 0) is 13.1 Å². The molecule has 0 aliphatic carbocycles. The lowest BCUT2D eigenvalue weighted by molar-refractivity contribution is 0.0970. The van der Waals surface area contributed by atoms with E-state index < -0.39 is 11.2 Å². The Kier molecular flexibility index (Phi) is 4.72. The molecule has 1 aromatic carbocycles. The summed E-state index contributed by atoms with van der Waals surface area (Å²) in [6.45, 7) is 3.59. The number of fused-ring (bicyclic) bond motifs is 1. The molecule has 0 unspecified atom stereocenters. The SMILES string of the molecule is Cc1ccc(C(=O)Cn2c(=O)n(Cc3ccco3)c(=O)c3ncccc32)c(C)c1. The molecule has 3 heterocycles. The third-order valence-corrected chi connectivity index (χ3v) is 4.86. The van der Waals surface area contributed by atoms with E-state index >= 15 is 0 Å². The summed E-state index contributed by atoms with van der Waals surface area (Å²) in [7, 11) is 0. The summed E-state index contributed by atoms with van der Waals surface area (Å²) in [5, 5.41) is 0. The number of aromatic nitrogens is 3. The molecule has 4 rings (SSSR count). The maximum absolute atomic E-state index is 13.1. The lowest BCUT2D eigenvalue weighted by Crippen LogP contribution is -2.41. The largest absolute Gasteiger partial charge is 0.467 e. The molecule has 0 bridgehead atoms. The van der Waals surface area contributed by atoms with Crippen molar-refractivity contribution in [2.45, 2.75) is 26.9 Å². The molecule has 0 radical (unpaired) electrons. The highest BCUT2D eigenvalue weighted by molar-refractivity contribution is 5.97. The van der Waals surface area contributed by atoms with Crippen molar-refractivity contribution in [1.29, 1.82) is 0 Å². The number of hydrogen-bond donors (Lipinski definition) is 0. The fraction of sp³-hybridized carbons (Fsp3) is 0.182. The molecule has 0 saturated heterocycles. The van der Waals surface area contributed by atoms with E-state index in [1.807, 2.05) is 26.0 Å². The monoisotopic (exact) mass is 389 g/mol. The van der Waals surface area contributed by atoms with Crippen LogP contribution in [0, 0.1) is 13.8 Å². The van der Waals surface area contributed by atoms with Crippen molar-refractivity contribution in [3.8, 4) is 0 Å². The fourth-order valence-corrected chi connectivity index (χ4v) is 3.45. The zero-order valence-corrected chi connectivity index (χ0v) is 16.1. The number of aryl methyl sites for hydroxylation is 2. The molecular weight excluding hydrogens is 370 g/mol. The Morgan fingerprint density at radius 3 is 2.62 bits per heavy atom. The first-order chi connectivity index (χ1) is 14.0. The van der Waals surface area contributed by atoms with Crippen LogP contribution in [0.15, 0.2) is 68.9 Å². The van der Waals surface area contributed by atoms with E-state index in [9.17, 15) is 14.4 Å². The Hall–Kier alpha value is -3.74. The van der Waals surface area contributed by atoms with Crippen molar-refractivity contribution in [2.24, 2.45) is 0 Å². The number of Topliss-reactive ketones (excluding diaryl/α,β-unsaturated/α-hetero) is 1. The van der Waals surface area contributed by atoms with Crippen LogP contribution in [0.1, 0.15) is 27.2 Å². The predicted octanol–water partition coefficient (Wildman–Crippen LogP) is 2.70. The van der Waals surface area contributed by atoms with Crippen LogP contribution in [0.4, 0.5) is 0 Å². The highest BCUT2D eigenvalue weighted by Crippen LogP contribution is 2.13. The van der Waals surface area contributed by atoms with Crippen LogP contribution in [-0.4, -0.2) is 19.9 Å². The minimum Gasteiger partial charge on any atom is -0.467 e. The van der Waals surface area contributed by atoms with Crippen molar-refractivity contribution in [3.05, 3.63) is 98.2 Å². The summed E-state index contributed by atoms with van der Waals surface area (Å²) in [5.41, 5.74) is 1.81. The van der Waals surface area contributed by atoms with Gasteiger partial charge in [0, 0.05) is 11.8 Å². The van der Waals surface area contributed by atoms with E-state index in [1.165, 1.54) is 17.0 Å². The average molecular weight is 389 g/mol.